The lowest BCUT2D eigenvalue weighted by Crippen LogP contribution is -2.37. The van der Waals surface area contributed by atoms with Crippen LogP contribution in [0.15, 0.2) is 12.4 Å². The minimum atomic E-state index is -1.41. The summed E-state index contributed by atoms with van der Waals surface area (Å²) in [6, 6.07) is 7.49. The molecule has 160 valence electrons. The first-order valence-electron chi connectivity index (χ1n) is 11.5. The second kappa shape index (κ2) is 13.0. The molecule has 1 aliphatic heterocycles. The Morgan fingerprint density at radius 1 is 0.630 bits per heavy atom. The molecule has 0 N–H and O–H groups in total. The SMILES string of the molecule is CC[Si](CC)(CC)OCCCN1C=CN(CCCO[Si](CC)(CC)CC)C1. The van der Waals surface area contributed by atoms with Crippen molar-refractivity contribution in [2.45, 2.75) is 90.6 Å². The lowest BCUT2D eigenvalue weighted by atomic mass is 10.4. The number of hydrogen-bond acceptors (Lipinski definition) is 4. The predicted molar refractivity (Wildman–Crippen MR) is 123 cm³/mol. The second-order valence-electron chi connectivity index (χ2n) is 7.96. The summed E-state index contributed by atoms with van der Waals surface area (Å²) in [5.74, 6) is 0. The molecule has 6 heteroatoms. The van der Waals surface area contributed by atoms with Gasteiger partial charge in [-0.15, -0.1) is 0 Å². The van der Waals surface area contributed by atoms with Gasteiger partial charge in [-0.2, -0.15) is 0 Å². The van der Waals surface area contributed by atoms with E-state index in [2.05, 4.69) is 63.7 Å². The molecule has 0 saturated carbocycles. The van der Waals surface area contributed by atoms with Crippen LogP contribution in [-0.2, 0) is 8.85 Å². The highest BCUT2D eigenvalue weighted by molar-refractivity contribution is 6.73. The summed E-state index contributed by atoms with van der Waals surface area (Å²) in [6.07, 6.45) is 6.75. The largest absolute Gasteiger partial charge is 0.417 e. The van der Waals surface area contributed by atoms with Crippen LogP contribution in [0.4, 0.5) is 0 Å². The monoisotopic (exact) mass is 414 g/mol. The summed E-state index contributed by atoms with van der Waals surface area (Å²) in [6.45, 7) is 18.9. The summed E-state index contributed by atoms with van der Waals surface area (Å²) in [7, 11) is -2.82. The van der Waals surface area contributed by atoms with Gasteiger partial charge in [0.05, 0.1) is 6.67 Å². The molecule has 1 rings (SSSR count). The summed E-state index contributed by atoms with van der Waals surface area (Å²) in [5, 5.41) is 0. The van der Waals surface area contributed by atoms with Gasteiger partial charge in [0, 0.05) is 38.7 Å². The van der Waals surface area contributed by atoms with Crippen LogP contribution in [0.25, 0.3) is 0 Å². The van der Waals surface area contributed by atoms with Crippen molar-refractivity contribution in [1.82, 2.24) is 9.80 Å². The summed E-state index contributed by atoms with van der Waals surface area (Å²) in [5.41, 5.74) is 0. The van der Waals surface area contributed by atoms with E-state index in [1.807, 2.05) is 0 Å². The minimum absolute atomic E-state index is 0.928. The van der Waals surface area contributed by atoms with Gasteiger partial charge >= 0.3 is 0 Å². The fourth-order valence-electron chi connectivity index (χ4n) is 4.03. The summed E-state index contributed by atoms with van der Waals surface area (Å²) in [4.78, 5) is 4.83. The van der Waals surface area contributed by atoms with Crippen LogP contribution >= 0.6 is 0 Å². The molecule has 0 unspecified atom stereocenters. The fourth-order valence-corrected chi connectivity index (χ4v) is 9.41. The molecule has 0 saturated heterocycles. The standard InChI is InChI=1S/C21H46N2O2Si2/c1-7-26(8-2,9-3)24-19-13-15-22-17-18-23(21-22)16-14-20-25-27(10-4,11-5)12-6/h17-18H,7-16,19-21H2,1-6H3. The van der Waals surface area contributed by atoms with Crippen LogP contribution in [0.2, 0.25) is 36.3 Å². The molecular weight excluding hydrogens is 368 g/mol. The van der Waals surface area contributed by atoms with Gasteiger partial charge in [-0.1, -0.05) is 41.5 Å². The number of nitrogens with zero attached hydrogens (tertiary/aromatic N) is 2. The zero-order valence-corrected chi connectivity index (χ0v) is 21.1. The Hall–Kier alpha value is -0.306. The van der Waals surface area contributed by atoms with E-state index in [1.54, 1.807) is 0 Å². The van der Waals surface area contributed by atoms with Gasteiger partial charge in [-0.25, -0.2) is 0 Å². The molecule has 0 aromatic carbocycles. The van der Waals surface area contributed by atoms with Crippen molar-refractivity contribution in [3.05, 3.63) is 12.4 Å². The van der Waals surface area contributed by atoms with E-state index >= 15 is 0 Å². The molecule has 0 aliphatic carbocycles. The predicted octanol–water partition coefficient (Wildman–Crippen LogP) is 5.86. The first-order valence-corrected chi connectivity index (χ1v) is 16.5. The number of rotatable bonds is 16. The molecule has 0 radical (unpaired) electrons. The van der Waals surface area contributed by atoms with Crippen molar-refractivity contribution in [2.24, 2.45) is 0 Å². The van der Waals surface area contributed by atoms with E-state index in [-0.39, 0.29) is 0 Å². The second-order valence-corrected chi connectivity index (χ2v) is 17.5. The first-order chi connectivity index (χ1) is 13.0. The van der Waals surface area contributed by atoms with E-state index in [9.17, 15) is 0 Å². The Labute approximate surface area is 171 Å². The molecule has 0 fully saturated rings. The third kappa shape index (κ3) is 7.91. The van der Waals surface area contributed by atoms with Gasteiger partial charge in [0.2, 0.25) is 0 Å². The van der Waals surface area contributed by atoms with Gasteiger partial charge in [0.15, 0.2) is 16.6 Å². The molecule has 0 aromatic rings. The molecule has 27 heavy (non-hydrogen) atoms. The normalized spacial score (nSPS) is 15.2. The van der Waals surface area contributed by atoms with Crippen molar-refractivity contribution in [3.63, 3.8) is 0 Å². The van der Waals surface area contributed by atoms with Crippen molar-refractivity contribution < 1.29 is 8.85 Å². The zero-order chi connectivity index (χ0) is 20.2. The Balaban J connectivity index is 2.17. The van der Waals surface area contributed by atoms with Gasteiger partial charge < -0.3 is 18.7 Å². The molecule has 0 aromatic heterocycles. The summed E-state index contributed by atoms with van der Waals surface area (Å²) >= 11 is 0. The Morgan fingerprint density at radius 3 is 1.26 bits per heavy atom. The molecule has 0 bridgehead atoms. The van der Waals surface area contributed by atoms with E-state index in [0.29, 0.717) is 0 Å². The van der Waals surface area contributed by atoms with Gasteiger partial charge in [0.1, 0.15) is 0 Å². The van der Waals surface area contributed by atoms with E-state index < -0.39 is 16.6 Å². The maximum absolute atomic E-state index is 6.37. The van der Waals surface area contributed by atoms with Crippen LogP contribution in [0.1, 0.15) is 54.4 Å². The molecule has 0 spiro atoms. The average molecular weight is 415 g/mol. The molecule has 1 aliphatic rings. The van der Waals surface area contributed by atoms with E-state index in [4.69, 9.17) is 8.85 Å². The Bertz CT molecular complexity index is 360. The van der Waals surface area contributed by atoms with Crippen molar-refractivity contribution >= 4 is 16.6 Å². The van der Waals surface area contributed by atoms with Crippen molar-refractivity contribution in [2.75, 3.05) is 33.0 Å². The lowest BCUT2D eigenvalue weighted by molar-refractivity contribution is 0.218. The highest BCUT2D eigenvalue weighted by Crippen LogP contribution is 2.22. The van der Waals surface area contributed by atoms with Gasteiger partial charge in [-0.05, 0) is 49.1 Å². The molecule has 0 amide bonds. The highest BCUT2D eigenvalue weighted by atomic mass is 28.4. The third-order valence-corrected chi connectivity index (χ3v) is 16.1. The summed E-state index contributed by atoms with van der Waals surface area (Å²) < 4.78 is 12.7. The van der Waals surface area contributed by atoms with Crippen LogP contribution in [0, 0.1) is 0 Å². The first kappa shape index (κ1) is 24.7. The average Bonchev–Trinajstić information content (AvgIpc) is 3.17. The fraction of sp³-hybridized carbons (Fsp3) is 0.905. The van der Waals surface area contributed by atoms with Crippen molar-refractivity contribution in [3.8, 4) is 0 Å². The van der Waals surface area contributed by atoms with Gasteiger partial charge in [0.25, 0.3) is 0 Å². The quantitative estimate of drug-likeness (QED) is 0.233. The van der Waals surface area contributed by atoms with E-state index in [0.717, 1.165) is 45.8 Å². The van der Waals surface area contributed by atoms with Crippen LogP contribution in [0.3, 0.4) is 0 Å². The maximum atomic E-state index is 6.37. The maximum Gasteiger partial charge on any atom is 0.191 e. The topological polar surface area (TPSA) is 24.9 Å². The van der Waals surface area contributed by atoms with Gasteiger partial charge in [-0.3, -0.25) is 0 Å². The third-order valence-electron chi connectivity index (χ3n) is 6.71. The highest BCUT2D eigenvalue weighted by Gasteiger charge is 2.29. The zero-order valence-electron chi connectivity index (χ0n) is 19.1. The molecule has 0 atom stereocenters. The molecule has 4 nitrogen and oxygen atoms in total. The van der Waals surface area contributed by atoms with Crippen LogP contribution in [-0.4, -0.2) is 59.4 Å². The van der Waals surface area contributed by atoms with Crippen molar-refractivity contribution in [1.29, 1.82) is 0 Å². The molecular formula is C21H46N2O2Si2. The number of hydrogen-bond donors (Lipinski definition) is 0. The molecule has 1 heterocycles. The smallest absolute Gasteiger partial charge is 0.191 e. The van der Waals surface area contributed by atoms with E-state index in [1.165, 1.54) is 36.3 Å². The minimum Gasteiger partial charge on any atom is -0.417 e. The van der Waals surface area contributed by atoms with Crippen LogP contribution in [0.5, 0.6) is 0 Å². The Kier molecular flexibility index (Phi) is 11.9. The lowest BCUT2D eigenvalue weighted by Gasteiger charge is -2.29. The van der Waals surface area contributed by atoms with Crippen LogP contribution < -0.4 is 0 Å². The Morgan fingerprint density at radius 2 is 0.963 bits per heavy atom.